The Morgan fingerprint density at radius 1 is 1.30 bits per heavy atom. The molecule has 6 nitrogen and oxygen atoms in total. The average Bonchev–Trinajstić information content (AvgIpc) is 2.43. The molecule has 0 bridgehead atoms. The van der Waals surface area contributed by atoms with E-state index >= 15 is 0 Å². The first-order chi connectivity index (χ1) is 10.5. The van der Waals surface area contributed by atoms with E-state index in [1.54, 1.807) is 11.9 Å². The van der Waals surface area contributed by atoms with E-state index in [2.05, 4.69) is 13.8 Å². The lowest BCUT2D eigenvalue weighted by atomic mass is 9.79. The Morgan fingerprint density at radius 2 is 1.91 bits per heavy atom. The predicted octanol–water partition coefficient (Wildman–Crippen LogP) is 2.93. The van der Waals surface area contributed by atoms with Crippen LogP contribution in [0.4, 0.5) is 4.79 Å². The van der Waals surface area contributed by atoms with Crippen LogP contribution in [0.5, 0.6) is 0 Å². The highest BCUT2D eigenvalue weighted by Gasteiger charge is 2.38. The van der Waals surface area contributed by atoms with E-state index in [1.807, 2.05) is 20.8 Å². The molecule has 1 fully saturated rings. The quantitative estimate of drug-likeness (QED) is 0.745. The van der Waals surface area contributed by atoms with Crippen molar-refractivity contribution in [1.29, 1.82) is 0 Å². The van der Waals surface area contributed by atoms with Gasteiger partial charge in [0, 0.05) is 20.1 Å². The zero-order chi connectivity index (χ0) is 17.8. The minimum atomic E-state index is -0.533. The summed E-state index contributed by atoms with van der Waals surface area (Å²) < 4.78 is 5.44. The van der Waals surface area contributed by atoms with Crippen molar-refractivity contribution >= 4 is 12.0 Å². The summed E-state index contributed by atoms with van der Waals surface area (Å²) in [6.45, 7) is 10.9. The second-order valence-electron chi connectivity index (χ2n) is 7.73. The van der Waals surface area contributed by atoms with Gasteiger partial charge in [0.05, 0.1) is 13.0 Å². The van der Waals surface area contributed by atoms with Crippen molar-refractivity contribution in [2.75, 3.05) is 27.2 Å². The molecule has 1 aliphatic heterocycles. The summed E-state index contributed by atoms with van der Waals surface area (Å²) in [5.41, 5.74) is -0.533. The largest absolute Gasteiger partial charge is 0.444 e. The van der Waals surface area contributed by atoms with Crippen LogP contribution in [0.15, 0.2) is 0 Å². The fourth-order valence-corrected chi connectivity index (χ4v) is 2.98. The van der Waals surface area contributed by atoms with Gasteiger partial charge in [0.1, 0.15) is 5.60 Å². The van der Waals surface area contributed by atoms with Gasteiger partial charge in [-0.3, -0.25) is 9.63 Å². The molecular formula is C17H32N2O4. The second kappa shape index (κ2) is 7.99. The molecule has 2 amide bonds. The third-order valence-electron chi connectivity index (χ3n) is 4.08. The highest BCUT2D eigenvalue weighted by molar-refractivity contribution is 5.79. The fraction of sp³-hybridized carbons (Fsp3) is 0.882. The minimum Gasteiger partial charge on any atom is -0.444 e. The molecule has 0 aromatic heterocycles. The number of hydrogen-bond acceptors (Lipinski definition) is 4. The topological polar surface area (TPSA) is 59.1 Å². The number of carbonyl (C=O) groups is 2. The highest BCUT2D eigenvalue weighted by Crippen LogP contribution is 2.31. The normalized spacial score (nSPS) is 22.2. The maximum atomic E-state index is 12.6. The number of nitrogens with zero attached hydrogens (tertiary/aromatic N) is 2. The second-order valence-corrected chi connectivity index (χ2v) is 7.73. The van der Waals surface area contributed by atoms with Gasteiger partial charge < -0.3 is 9.64 Å². The van der Waals surface area contributed by atoms with Gasteiger partial charge >= 0.3 is 6.09 Å². The van der Waals surface area contributed by atoms with Crippen LogP contribution in [-0.4, -0.2) is 54.8 Å². The molecule has 134 valence electrons. The average molecular weight is 328 g/mol. The molecule has 2 atom stereocenters. The Kier molecular flexibility index (Phi) is 6.86. The molecule has 0 aromatic carbocycles. The first-order valence-electron chi connectivity index (χ1n) is 8.34. The summed E-state index contributed by atoms with van der Waals surface area (Å²) in [6.07, 6.45) is 1.43. The lowest BCUT2D eigenvalue weighted by Gasteiger charge is -2.39. The molecule has 1 saturated heterocycles. The molecule has 0 saturated carbocycles. The van der Waals surface area contributed by atoms with E-state index in [4.69, 9.17) is 9.57 Å². The number of carbonyl (C=O) groups excluding carboxylic acids is 2. The molecule has 23 heavy (non-hydrogen) atoms. The van der Waals surface area contributed by atoms with Gasteiger partial charge in [-0.15, -0.1) is 0 Å². The van der Waals surface area contributed by atoms with E-state index in [-0.39, 0.29) is 23.8 Å². The summed E-state index contributed by atoms with van der Waals surface area (Å²) in [6, 6.07) is 0. The van der Waals surface area contributed by atoms with E-state index < -0.39 is 5.60 Å². The first kappa shape index (κ1) is 19.7. The molecule has 0 N–H and O–H groups in total. The van der Waals surface area contributed by atoms with Crippen molar-refractivity contribution in [3.63, 3.8) is 0 Å². The Hall–Kier alpha value is -1.30. The third kappa shape index (κ3) is 6.01. The zero-order valence-electron chi connectivity index (χ0n) is 15.6. The van der Waals surface area contributed by atoms with Crippen LogP contribution in [0.2, 0.25) is 0 Å². The number of hydrogen-bond donors (Lipinski definition) is 0. The maximum absolute atomic E-state index is 12.6. The SMILES string of the molecule is CON(C)C(=O)C1CN(C(=O)OC(C)(C)C)CCC1CC(C)C. The van der Waals surface area contributed by atoms with Crippen molar-refractivity contribution < 1.29 is 19.2 Å². The van der Waals surface area contributed by atoms with E-state index in [1.165, 1.54) is 12.2 Å². The Balaban J connectivity index is 2.84. The van der Waals surface area contributed by atoms with Gasteiger partial charge in [-0.25, -0.2) is 9.86 Å². The molecule has 1 aliphatic rings. The summed E-state index contributed by atoms with van der Waals surface area (Å²) in [5.74, 6) is 0.449. The van der Waals surface area contributed by atoms with Gasteiger partial charge in [0.25, 0.3) is 5.91 Å². The predicted molar refractivity (Wildman–Crippen MR) is 88.6 cm³/mol. The number of likely N-dealkylation sites (tertiary alicyclic amines) is 1. The Morgan fingerprint density at radius 3 is 2.39 bits per heavy atom. The van der Waals surface area contributed by atoms with Crippen LogP contribution >= 0.6 is 0 Å². The Labute approximate surface area is 140 Å². The summed E-state index contributed by atoms with van der Waals surface area (Å²) in [5, 5.41) is 1.26. The number of rotatable bonds is 4. The molecule has 2 unspecified atom stereocenters. The zero-order valence-corrected chi connectivity index (χ0v) is 15.6. The van der Waals surface area contributed by atoms with Gasteiger partial charge in [0.15, 0.2) is 0 Å². The smallest absolute Gasteiger partial charge is 0.410 e. The Bertz CT molecular complexity index is 417. The highest BCUT2D eigenvalue weighted by atomic mass is 16.7. The minimum absolute atomic E-state index is 0.0774. The maximum Gasteiger partial charge on any atom is 0.410 e. The lowest BCUT2D eigenvalue weighted by molar-refractivity contribution is -0.177. The molecule has 1 heterocycles. The van der Waals surface area contributed by atoms with Gasteiger partial charge in [-0.2, -0.15) is 0 Å². The van der Waals surface area contributed by atoms with Crippen LogP contribution in [0.3, 0.4) is 0 Å². The fourth-order valence-electron chi connectivity index (χ4n) is 2.98. The van der Waals surface area contributed by atoms with Gasteiger partial charge in [0.2, 0.25) is 0 Å². The molecule has 0 aliphatic carbocycles. The van der Waals surface area contributed by atoms with Crippen LogP contribution in [0.1, 0.15) is 47.5 Å². The molecule has 6 heteroatoms. The molecule has 0 spiro atoms. The summed E-state index contributed by atoms with van der Waals surface area (Å²) >= 11 is 0. The van der Waals surface area contributed by atoms with E-state index in [0.29, 0.717) is 19.0 Å². The summed E-state index contributed by atoms with van der Waals surface area (Å²) in [7, 11) is 3.09. The van der Waals surface area contributed by atoms with Gasteiger partial charge in [-0.05, 0) is 45.4 Å². The van der Waals surface area contributed by atoms with E-state index in [0.717, 1.165) is 12.8 Å². The standard InChI is InChI=1S/C17H32N2O4/c1-12(2)10-13-8-9-19(16(21)23-17(3,4)5)11-14(13)15(20)18(6)22-7/h12-14H,8-11H2,1-7H3. The van der Waals surface area contributed by atoms with Crippen molar-refractivity contribution in [3.8, 4) is 0 Å². The van der Waals surface area contributed by atoms with Gasteiger partial charge in [-0.1, -0.05) is 13.8 Å². The van der Waals surface area contributed by atoms with E-state index in [9.17, 15) is 9.59 Å². The molecule has 0 aromatic rings. The van der Waals surface area contributed by atoms with Crippen LogP contribution in [-0.2, 0) is 14.4 Å². The lowest BCUT2D eigenvalue weighted by Crippen LogP contribution is -2.50. The van der Waals surface area contributed by atoms with Crippen molar-refractivity contribution in [1.82, 2.24) is 9.96 Å². The van der Waals surface area contributed by atoms with Crippen molar-refractivity contribution in [2.45, 2.75) is 53.1 Å². The summed E-state index contributed by atoms with van der Waals surface area (Å²) in [4.78, 5) is 31.6. The molecular weight excluding hydrogens is 296 g/mol. The van der Waals surface area contributed by atoms with Crippen LogP contribution < -0.4 is 0 Å². The first-order valence-corrected chi connectivity index (χ1v) is 8.34. The van der Waals surface area contributed by atoms with Crippen LogP contribution in [0, 0.1) is 17.8 Å². The van der Waals surface area contributed by atoms with Crippen LogP contribution in [0.25, 0.3) is 0 Å². The third-order valence-corrected chi connectivity index (χ3v) is 4.08. The van der Waals surface area contributed by atoms with Crippen molar-refractivity contribution in [2.24, 2.45) is 17.8 Å². The molecule has 0 radical (unpaired) electrons. The number of ether oxygens (including phenoxy) is 1. The number of piperidine rings is 1. The number of hydroxylamine groups is 2. The number of amides is 2. The van der Waals surface area contributed by atoms with Crippen molar-refractivity contribution in [3.05, 3.63) is 0 Å². The monoisotopic (exact) mass is 328 g/mol. The molecule has 1 rings (SSSR count).